The van der Waals surface area contributed by atoms with Crippen molar-refractivity contribution < 1.29 is 51.9 Å². The number of aliphatic hydroxyl groups is 1. The molecule has 3 heterocycles. The number of rotatable bonds is 18. The van der Waals surface area contributed by atoms with E-state index in [1.54, 1.807) is 0 Å². The standard InChI is InChI=1S/C36H51N3O11S/c1-4-5-17-47-34(41)37-16-9-15-36(2,3)23-38(51(44,45)26-12-13-31-32(20-26)50-24-49-31)21-30(40)28(19-25-10-7-6-8-11-25)39(35(42)43)29-22-48-33-27(29)14-18-46-33/h6-8,10-13,20,27-30,33,40H,4-5,9,14-19,21-24H2,1-3H3,(H,37,41)(H,42,43)/p-1/t27-,28-,29-,30+,33+/m0/s1. The number of unbranched alkanes of at least 4 members (excludes halogenated alkanes) is 1. The number of fused-ring (bicyclic) bond motifs is 2. The Hall–Kier alpha value is -3.63. The van der Waals surface area contributed by atoms with Crippen LogP contribution in [-0.4, -0.2) is 106 Å². The Bertz CT molecular complexity index is 1580. The largest absolute Gasteiger partial charge is 0.530 e. The zero-order valence-corrected chi connectivity index (χ0v) is 30.3. The second-order valence-electron chi connectivity index (χ2n) is 14.1. The quantitative estimate of drug-likeness (QED) is 0.216. The van der Waals surface area contributed by atoms with E-state index in [4.69, 9.17) is 23.7 Å². The first-order valence-electron chi connectivity index (χ1n) is 17.6. The third-order valence-corrected chi connectivity index (χ3v) is 11.5. The van der Waals surface area contributed by atoms with Gasteiger partial charge in [0.2, 0.25) is 16.8 Å². The molecule has 2 fully saturated rings. The first-order valence-corrected chi connectivity index (χ1v) is 19.1. The molecule has 0 aromatic heterocycles. The monoisotopic (exact) mass is 732 g/mol. The van der Waals surface area contributed by atoms with Gasteiger partial charge in [-0.25, -0.2) is 13.2 Å². The zero-order chi connectivity index (χ0) is 36.6. The van der Waals surface area contributed by atoms with Crippen LogP contribution in [0.5, 0.6) is 11.5 Å². The number of benzene rings is 2. The molecule has 0 aliphatic carbocycles. The number of sulfonamides is 1. The summed E-state index contributed by atoms with van der Waals surface area (Å²) in [6, 6.07) is 11.8. The van der Waals surface area contributed by atoms with E-state index in [1.165, 1.54) is 22.5 Å². The molecule has 0 unspecified atom stereocenters. The van der Waals surface area contributed by atoms with Crippen molar-refractivity contribution in [2.24, 2.45) is 11.3 Å². The summed E-state index contributed by atoms with van der Waals surface area (Å²) in [7, 11) is -4.27. The fourth-order valence-corrected chi connectivity index (χ4v) is 8.62. The van der Waals surface area contributed by atoms with Crippen molar-refractivity contribution in [3.8, 4) is 11.5 Å². The van der Waals surface area contributed by atoms with Crippen LogP contribution in [0.1, 0.15) is 58.4 Å². The van der Waals surface area contributed by atoms with Crippen molar-refractivity contribution in [1.82, 2.24) is 14.5 Å². The highest BCUT2D eigenvalue weighted by Gasteiger charge is 2.47. The maximum Gasteiger partial charge on any atom is 0.407 e. The Morgan fingerprint density at radius 1 is 1.10 bits per heavy atom. The molecule has 2 aromatic rings. The molecule has 15 heteroatoms. The third kappa shape index (κ3) is 9.83. The van der Waals surface area contributed by atoms with Gasteiger partial charge in [0.25, 0.3) is 0 Å². The number of carbonyl (C=O) groups is 2. The molecule has 0 bridgehead atoms. The summed E-state index contributed by atoms with van der Waals surface area (Å²) in [5.41, 5.74) is 0.130. The number of nitrogens with one attached hydrogen (secondary N) is 1. The van der Waals surface area contributed by atoms with Crippen LogP contribution in [0.4, 0.5) is 9.59 Å². The lowest BCUT2D eigenvalue weighted by Gasteiger charge is -2.43. The van der Waals surface area contributed by atoms with Crippen molar-refractivity contribution in [1.29, 1.82) is 0 Å². The molecule has 3 aliphatic rings. The normalized spacial score (nSPS) is 20.9. The molecular weight excluding hydrogens is 682 g/mol. The smallest absolute Gasteiger partial charge is 0.407 e. The van der Waals surface area contributed by atoms with E-state index in [0.717, 1.165) is 23.3 Å². The molecular formula is C36H50N3O11S-. The number of amides is 2. The number of nitrogens with zero attached hydrogens (tertiary/aromatic N) is 2. The van der Waals surface area contributed by atoms with Gasteiger partial charge in [-0.1, -0.05) is 57.5 Å². The predicted octanol–water partition coefficient (Wildman–Crippen LogP) is 3.12. The molecule has 3 aliphatic heterocycles. The van der Waals surface area contributed by atoms with E-state index >= 15 is 0 Å². The Balaban J connectivity index is 1.40. The van der Waals surface area contributed by atoms with Gasteiger partial charge < -0.3 is 48.9 Å². The summed E-state index contributed by atoms with van der Waals surface area (Å²) in [6.45, 7) is 6.51. The number of alkyl carbamates (subject to hydrolysis) is 1. The summed E-state index contributed by atoms with van der Waals surface area (Å²) in [5, 5.41) is 27.7. The van der Waals surface area contributed by atoms with E-state index in [9.17, 15) is 28.2 Å². The van der Waals surface area contributed by atoms with Gasteiger partial charge in [-0.3, -0.25) is 0 Å². The van der Waals surface area contributed by atoms with Crippen LogP contribution >= 0.6 is 0 Å². The average Bonchev–Trinajstić information content (AvgIpc) is 3.85. The molecule has 14 nitrogen and oxygen atoms in total. The Labute approximate surface area is 300 Å². The van der Waals surface area contributed by atoms with Gasteiger partial charge in [0.15, 0.2) is 17.8 Å². The highest BCUT2D eigenvalue weighted by molar-refractivity contribution is 7.89. The van der Waals surface area contributed by atoms with E-state index in [2.05, 4.69) is 5.32 Å². The lowest BCUT2D eigenvalue weighted by molar-refractivity contribution is -0.273. The highest BCUT2D eigenvalue weighted by atomic mass is 32.2. The fraction of sp³-hybridized carbons (Fsp3) is 0.611. The summed E-state index contributed by atoms with van der Waals surface area (Å²) in [4.78, 5) is 26.0. The number of ether oxygens (including phenoxy) is 5. The molecule has 2 amide bonds. The molecule has 2 aromatic carbocycles. The van der Waals surface area contributed by atoms with Crippen molar-refractivity contribution >= 4 is 22.2 Å². The summed E-state index contributed by atoms with van der Waals surface area (Å²) >= 11 is 0. The van der Waals surface area contributed by atoms with Crippen LogP contribution in [-0.2, 0) is 30.7 Å². The molecule has 2 N–H and O–H groups in total. The number of hydrogen-bond acceptors (Lipinski definition) is 11. The number of hydrogen-bond donors (Lipinski definition) is 2. The SMILES string of the molecule is CCCCOC(=O)NCCCC(C)(C)CN(C[C@@H](O)[C@H](Cc1ccccc1)N(C(=O)[O-])[C@H]1CO[C@H]2OCC[C@H]21)S(=O)(=O)c1ccc2c(c1)OCO2. The second kappa shape index (κ2) is 17.3. The van der Waals surface area contributed by atoms with Crippen LogP contribution in [0, 0.1) is 11.3 Å². The van der Waals surface area contributed by atoms with Gasteiger partial charge in [-0.05, 0) is 55.2 Å². The average molecular weight is 733 g/mol. The van der Waals surface area contributed by atoms with Crippen molar-refractivity contribution in [2.75, 3.05) is 46.2 Å². The van der Waals surface area contributed by atoms with Crippen molar-refractivity contribution in [3.63, 3.8) is 0 Å². The molecule has 282 valence electrons. The summed E-state index contributed by atoms with van der Waals surface area (Å²) in [5.74, 6) is 0.452. The van der Waals surface area contributed by atoms with Gasteiger partial charge in [0.05, 0.1) is 42.9 Å². The van der Waals surface area contributed by atoms with Crippen LogP contribution in [0.25, 0.3) is 0 Å². The van der Waals surface area contributed by atoms with E-state index in [0.29, 0.717) is 44.8 Å². The first-order chi connectivity index (χ1) is 24.4. The molecule has 0 spiro atoms. The Morgan fingerprint density at radius 3 is 2.61 bits per heavy atom. The van der Waals surface area contributed by atoms with Crippen LogP contribution in [0.15, 0.2) is 53.4 Å². The highest BCUT2D eigenvalue weighted by Crippen LogP contribution is 2.38. The minimum atomic E-state index is -4.27. The fourth-order valence-electron chi connectivity index (χ4n) is 6.96. The van der Waals surface area contributed by atoms with Crippen LogP contribution in [0.2, 0.25) is 0 Å². The molecule has 51 heavy (non-hydrogen) atoms. The molecule has 5 rings (SSSR count). The van der Waals surface area contributed by atoms with Gasteiger partial charge in [-0.15, -0.1) is 0 Å². The van der Waals surface area contributed by atoms with E-state index in [-0.39, 0.29) is 42.9 Å². The van der Waals surface area contributed by atoms with Crippen LogP contribution in [0.3, 0.4) is 0 Å². The third-order valence-electron chi connectivity index (χ3n) is 9.67. The molecule has 5 atom stereocenters. The number of carbonyl (C=O) groups excluding carboxylic acids is 2. The lowest BCUT2D eigenvalue weighted by Crippen LogP contribution is -2.61. The Morgan fingerprint density at radius 2 is 1.86 bits per heavy atom. The van der Waals surface area contributed by atoms with E-state index in [1.807, 2.05) is 51.1 Å². The summed E-state index contributed by atoms with van der Waals surface area (Å²) in [6.07, 6.45) is -0.578. The maximum atomic E-state index is 14.4. The minimum Gasteiger partial charge on any atom is -0.530 e. The number of carboxylic acid groups (broad SMARTS) is 1. The first kappa shape index (κ1) is 38.6. The van der Waals surface area contributed by atoms with Gasteiger partial charge >= 0.3 is 6.09 Å². The lowest BCUT2D eigenvalue weighted by atomic mass is 9.87. The second-order valence-corrected chi connectivity index (χ2v) is 16.0. The van der Waals surface area contributed by atoms with Crippen molar-refractivity contribution in [3.05, 3.63) is 54.1 Å². The van der Waals surface area contributed by atoms with Crippen molar-refractivity contribution in [2.45, 2.75) is 88.7 Å². The topological polar surface area (TPSA) is 176 Å². The number of aliphatic hydroxyl groups excluding tert-OH is 1. The summed E-state index contributed by atoms with van der Waals surface area (Å²) < 4.78 is 57.6. The molecule has 0 radical (unpaired) electrons. The van der Waals surface area contributed by atoms with Gasteiger partial charge in [0.1, 0.15) is 6.09 Å². The molecule has 0 saturated carbocycles. The van der Waals surface area contributed by atoms with Gasteiger partial charge in [0, 0.05) is 31.6 Å². The van der Waals surface area contributed by atoms with Crippen LogP contribution < -0.4 is 19.9 Å². The minimum absolute atomic E-state index is 0.0176. The molecule has 2 saturated heterocycles. The maximum absolute atomic E-state index is 14.4. The zero-order valence-electron chi connectivity index (χ0n) is 29.5. The van der Waals surface area contributed by atoms with E-state index < -0.39 is 58.6 Å². The Kier molecular flexibility index (Phi) is 13.1. The predicted molar refractivity (Wildman–Crippen MR) is 183 cm³/mol. The van der Waals surface area contributed by atoms with Gasteiger partial charge in [-0.2, -0.15) is 4.31 Å².